The SMILES string of the molecule is c1ccc(-c2nc(-c3ccc4c(c3)-c3c(ccc5c3-c3ccccc3C5)C43c4ccccc4C4(c5ccccc5-c5ccccc54)c4ccccc43)nc3ccccc23)cc1. The highest BCUT2D eigenvalue weighted by Gasteiger charge is 2.59. The minimum Gasteiger partial charge on any atom is -0.228 e. The highest BCUT2D eigenvalue weighted by Crippen LogP contribution is 2.68. The second-order valence-corrected chi connectivity index (χ2v) is 17.1. The second kappa shape index (κ2) is 12.0. The van der Waals surface area contributed by atoms with Crippen LogP contribution in [-0.2, 0) is 17.3 Å². The molecule has 10 aromatic rings. The maximum Gasteiger partial charge on any atom is 0.160 e. The van der Waals surface area contributed by atoms with Crippen LogP contribution in [0.3, 0.4) is 0 Å². The number of benzene rings is 9. The van der Waals surface area contributed by atoms with Gasteiger partial charge in [0.25, 0.3) is 0 Å². The molecule has 1 heterocycles. The van der Waals surface area contributed by atoms with Gasteiger partial charge in [-0.2, -0.15) is 0 Å². The van der Waals surface area contributed by atoms with Gasteiger partial charge in [-0.25, -0.2) is 9.97 Å². The van der Waals surface area contributed by atoms with Gasteiger partial charge >= 0.3 is 0 Å². The Labute approximate surface area is 354 Å². The topological polar surface area (TPSA) is 25.8 Å². The smallest absolute Gasteiger partial charge is 0.160 e. The molecule has 2 nitrogen and oxygen atoms in total. The summed E-state index contributed by atoms with van der Waals surface area (Å²) in [7, 11) is 0. The molecule has 4 aliphatic carbocycles. The minimum atomic E-state index is -0.583. The molecule has 0 atom stereocenters. The van der Waals surface area contributed by atoms with E-state index in [4.69, 9.17) is 9.97 Å². The molecule has 2 heteroatoms. The fraction of sp³-hybridized carbons (Fsp3) is 0.0508. The number of hydrogen-bond donors (Lipinski definition) is 0. The monoisotopic (exact) mass is 772 g/mol. The minimum absolute atomic E-state index is 0.482. The number of fused-ring (bicyclic) bond motifs is 21. The van der Waals surface area contributed by atoms with Gasteiger partial charge in [0.15, 0.2) is 5.82 Å². The maximum absolute atomic E-state index is 5.39. The number of rotatable bonds is 2. The Morgan fingerprint density at radius 3 is 1.54 bits per heavy atom. The number of hydrogen-bond acceptors (Lipinski definition) is 2. The molecule has 9 aromatic carbocycles. The van der Waals surface area contributed by atoms with E-state index in [1.165, 1.54) is 89.0 Å². The molecule has 2 spiro atoms. The Balaban J connectivity index is 1.11. The number of nitrogens with zero attached hydrogens (tertiary/aromatic N) is 2. The van der Waals surface area contributed by atoms with Crippen LogP contribution in [0, 0.1) is 0 Å². The molecule has 4 aliphatic rings. The first-order valence-electron chi connectivity index (χ1n) is 21.4. The van der Waals surface area contributed by atoms with Crippen LogP contribution >= 0.6 is 0 Å². The summed E-state index contributed by atoms with van der Waals surface area (Å²) in [5.74, 6) is 0.735. The van der Waals surface area contributed by atoms with Gasteiger partial charge in [0.05, 0.1) is 22.0 Å². The first kappa shape index (κ1) is 33.2. The Morgan fingerprint density at radius 1 is 0.328 bits per heavy atom. The van der Waals surface area contributed by atoms with Crippen LogP contribution in [0.5, 0.6) is 0 Å². The van der Waals surface area contributed by atoms with Crippen molar-refractivity contribution >= 4 is 10.9 Å². The van der Waals surface area contributed by atoms with Crippen molar-refractivity contribution in [2.75, 3.05) is 0 Å². The molecule has 0 bridgehead atoms. The van der Waals surface area contributed by atoms with Crippen molar-refractivity contribution in [1.82, 2.24) is 9.97 Å². The molecule has 0 saturated heterocycles. The van der Waals surface area contributed by atoms with Crippen molar-refractivity contribution in [3.8, 4) is 56.0 Å². The molecule has 0 N–H and O–H groups in total. The van der Waals surface area contributed by atoms with Crippen molar-refractivity contribution in [3.63, 3.8) is 0 Å². The zero-order chi connectivity index (χ0) is 39.9. The summed E-state index contributed by atoms with van der Waals surface area (Å²) in [5.41, 5.74) is 24.3. The number of aromatic nitrogens is 2. The van der Waals surface area contributed by atoms with Crippen molar-refractivity contribution in [3.05, 3.63) is 262 Å². The van der Waals surface area contributed by atoms with Crippen LogP contribution in [0.2, 0.25) is 0 Å². The van der Waals surface area contributed by atoms with E-state index in [-0.39, 0.29) is 0 Å². The molecule has 0 amide bonds. The van der Waals surface area contributed by atoms with E-state index in [0.29, 0.717) is 0 Å². The fourth-order valence-corrected chi connectivity index (χ4v) is 12.2. The molecular weight excluding hydrogens is 737 g/mol. The van der Waals surface area contributed by atoms with Gasteiger partial charge in [-0.3, -0.25) is 0 Å². The Morgan fingerprint density at radius 2 is 0.852 bits per heavy atom. The average molecular weight is 773 g/mol. The third kappa shape index (κ3) is 4.07. The molecule has 61 heavy (non-hydrogen) atoms. The highest BCUT2D eigenvalue weighted by molar-refractivity contribution is 6.02. The van der Waals surface area contributed by atoms with Gasteiger partial charge in [-0.1, -0.05) is 194 Å². The lowest BCUT2D eigenvalue weighted by atomic mass is 9.52. The van der Waals surface area contributed by atoms with Crippen molar-refractivity contribution in [2.24, 2.45) is 0 Å². The van der Waals surface area contributed by atoms with Gasteiger partial charge < -0.3 is 0 Å². The zero-order valence-corrected chi connectivity index (χ0v) is 33.2. The van der Waals surface area contributed by atoms with Gasteiger partial charge in [0.2, 0.25) is 0 Å². The van der Waals surface area contributed by atoms with Crippen LogP contribution in [-0.4, -0.2) is 9.97 Å². The van der Waals surface area contributed by atoms with Crippen molar-refractivity contribution in [2.45, 2.75) is 17.3 Å². The average Bonchev–Trinajstić information content (AvgIpc) is 3.96. The largest absolute Gasteiger partial charge is 0.228 e. The summed E-state index contributed by atoms with van der Waals surface area (Å²) in [5, 5.41) is 1.05. The summed E-state index contributed by atoms with van der Waals surface area (Å²) >= 11 is 0. The number of para-hydroxylation sites is 1. The Kier molecular flexibility index (Phi) is 6.51. The van der Waals surface area contributed by atoms with E-state index in [2.05, 4.69) is 206 Å². The summed E-state index contributed by atoms with van der Waals surface area (Å²) in [6.07, 6.45) is 0.929. The fourth-order valence-electron chi connectivity index (χ4n) is 12.2. The molecular formula is C59H36N2. The molecule has 0 unspecified atom stereocenters. The van der Waals surface area contributed by atoms with Gasteiger partial charge in [0.1, 0.15) is 0 Å². The highest BCUT2D eigenvalue weighted by atomic mass is 14.9. The predicted octanol–water partition coefficient (Wildman–Crippen LogP) is 13.6. The molecule has 0 radical (unpaired) electrons. The first-order chi connectivity index (χ1) is 30.3. The van der Waals surface area contributed by atoms with Crippen LogP contribution in [0.15, 0.2) is 206 Å². The lowest BCUT2D eigenvalue weighted by Crippen LogP contribution is -2.43. The molecule has 0 aliphatic heterocycles. The lowest BCUT2D eigenvalue weighted by Gasteiger charge is -2.48. The third-order valence-corrected chi connectivity index (χ3v) is 14.4. The molecule has 14 rings (SSSR count). The quantitative estimate of drug-likeness (QED) is 0.175. The van der Waals surface area contributed by atoms with Gasteiger partial charge in [0, 0.05) is 16.5 Å². The van der Waals surface area contributed by atoms with Crippen molar-refractivity contribution in [1.29, 1.82) is 0 Å². The van der Waals surface area contributed by atoms with Crippen molar-refractivity contribution < 1.29 is 0 Å². The summed E-state index contributed by atoms with van der Waals surface area (Å²) < 4.78 is 0. The molecule has 0 fully saturated rings. The van der Waals surface area contributed by atoms with Crippen LogP contribution in [0.1, 0.15) is 55.6 Å². The third-order valence-electron chi connectivity index (χ3n) is 14.4. The van der Waals surface area contributed by atoms with E-state index in [9.17, 15) is 0 Å². The maximum atomic E-state index is 5.39. The Bertz CT molecular complexity index is 3430. The zero-order valence-electron chi connectivity index (χ0n) is 33.2. The Hall–Kier alpha value is -7.68. The van der Waals surface area contributed by atoms with Gasteiger partial charge in [-0.15, -0.1) is 0 Å². The lowest BCUT2D eigenvalue weighted by molar-refractivity contribution is 0.633. The molecule has 282 valence electrons. The van der Waals surface area contributed by atoms with Gasteiger partial charge in [-0.05, 0) is 108 Å². The first-order valence-corrected chi connectivity index (χ1v) is 21.4. The van der Waals surface area contributed by atoms with E-state index < -0.39 is 10.8 Å². The predicted molar refractivity (Wildman–Crippen MR) is 247 cm³/mol. The molecule has 0 saturated carbocycles. The van der Waals surface area contributed by atoms with Crippen LogP contribution < -0.4 is 0 Å². The second-order valence-electron chi connectivity index (χ2n) is 17.1. The molecule has 1 aromatic heterocycles. The van der Waals surface area contributed by atoms with E-state index in [1.807, 2.05) is 0 Å². The van der Waals surface area contributed by atoms with E-state index >= 15 is 0 Å². The summed E-state index contributed by atoms with van der Waals surface area (Å²) in [4.78, 5) is 10.7. The summed E-state index contributed by atoms with van der Waals surface area (Å²) in [6, 6.07) is 76.9. The van der Waals surface area contributed by atoms with Crippen LogP contribution in [0.4, 0.5) is 0 Å². The normalized spacial score (nSPS) is 14.8. The van der Waals surface area contributed by atoms with E-state index in [1.54, 1.807) is 0 Å². The van der Waals surface area contributed by atoms with Crippen LogP contribution in [0.25, 0.3) is 66.9 Å². The van der Waals surface area contributed by atoms with E-state index in [0.717, 1.165) is 40.0 Å². The summed E-state index contributed by atoms with van der Waals surface area (Å²) in [6.45, 7) is 0. The standard InChI is InChI=1S/C59H36N2/c1-2-16-36(17-3-1)56-43-22-8-15-29-53(43)60-57(61-56)39-31-32-47-44(35-39)55-52(33-30-38-34-37-18-4-5-19-40(37)54(38)55)59(47)50-27-13-11-25-48(50)58(49-26-12-14-28-51(49)59)45-23-9-6-20-41(45)42-21-7-10-24-46(42)58/h1-33,35H,34H2.